The van der Waals surface area contributed by atoms with Gasteiger partial charge in [-0.05, 0) is 37.0 Å². The summed E-state index contributed by atoms with van der Waals surface area (Å²) in [7, 11) is 0. The fraction of sp³-hybridized carbons (Fsp3) is 0.429. The molecule has 0 saturated heterocycles. The van der Waals surface area contributed by atoms with Gasteiger partial charge in [0.1, 0.15) is 11.6 Å². The van der Waals surface area contributed by atoms with E-state index in [0.717, 1.165) is 30.4 Å². The molecule has 0 aliphatic carbocycles. The maximum atomic E-state index is 10.6. The standard InChI is InChI=1S/C14H18N2O3/c1-9-16-12-8-10(6-7-13(12)19-9)4-2-3-5-11(15)14(17)18/h6-8,11H,2-5,15H2,1H3,(H,17,18). The number of hydrogen-bond donors (Lipinski definition) is 2. The van der Waals surface area contributed by atoms with Gasteiger partial charge in [-0.15, -0.1) is 0 Å². The summed E-state index contributed by atoms with van der Waals surface area (Å²) in [6.07, 6.45) is 3.14. The minimum Gasteiger partial charge on any atom is -0.480 e. The summed E-state index contributed by atoms with van der Waals surface area (Å²) in [6.45, 7) is 1.83. The third kappa shape index (κ3) is 3.54. The van der Waals surface area contributed by atoms with Gasteiger partial charge in [-0.25, -0.2) is 4.98 Å². The average molecular weight is 262 g/mol. The Labute approximate surface area is 111 Å². The van der Waals surface area contributed by atoms with Crippen LogP contribution in [-0.4, -0.2) is 22.1 Å². The van der Waals surface area contributed by atoms with Crippen molar-refractivity contribution in [3.8, 4) is 0 Å². The summed E-state index contributed by atoms with van der Waals surface area (Å²) in [5.74, 6) is -0.265. The zero-order chi connectivity index (χ0) is 13.8. The molecule has 0 radical (unpaired) electrons. The molecule has 2 rings (SSSR count). The number of fused-ring (bicyclic) bond motifs is 1. The van der Waals surface area contributed by atoms with Crippen molar-refractivity contribution in [1.82, 2.24) is 4.98 Å². The van der Waals surface area contributed by atoms with E-state index in [1.54, 1.807) is 0 Å². The maximum absolute atomic E-state index is 10.6. The van der Waals surface area contributed by atoms with Gasteiger partial charge in [-0.1, -0.05) is 12.5 Å². The zero-order valence-electron chi connectivity index (χ0n) is 10.9. The molecule has 0 aliphatic heterocycles. The number of rotatable bonds is 6. The average Bonchev–Trinajstić information content (AvgIpc) is 2.73. The van der Waals surface area contributed by atoms with Crippen molar-refractivity contribution in [3.05, 3.63) is 29.7 Å². The number of carboxylic acid groups (broad SMARTS) is 1. The van der Waals surface area contributed by atoms with E-state index >= 15 is 0 Å². The van der Waals surface area contributed by atoms with E-state index < -0.39 is 12.0 Å². The number of oxazole rings is 1. The predicted octanol–water partition coefficient (Wildman–Crippen LogP) is 2.26. The quantitative estimate of drug-likeness (QED) is 0.779. The first-order valence-electron chi connectivity index (χ1n) is 6.41. The molecular formula is C14H18N2O3. The van der Waals surface area contributed by atoms with Gasteiger partial charge in [0.15, 0.2) is 11.5 Å². The van der Waals surface area contributed by atoms with Crippen LogP contribution in [0.2, 0.25) is 0 Å². The Morgan fingerprint density at radius 2 is 2.26 bits per heavy atom. The lowest BCUT2D eigenvalue weighted by atomic mass is 10.0. The number of unbranched alkanes of at least 4 members (excludes halogenated alkanes) is 1. The van der Waals surface area contributed by atoms with Gasteiger partial charge in [-0.3, -0.25) is 4.79 Å². The number of benzene rings is 1. The summed E-state index contributed by atoms with van der Waals surface area (Å²) < 4.78 is 5.41. The molecule has 0 amide bonds. The van der Waals surface area contributed by atoms with Gasteiger partial charge in [0, 0.05) is 6.92 Å². The fourth-order valence-electron chi connectivity index (χ4n) is 2.06. The molecule has 3 N–H and O–H groups in total. The molecule has 1 unspecified atom stereocenters. The highest BCUT2D eigenvalue weighted by Gasteiger charge is 2.10. The molecule has 5 nitrogen and oxygen atoms in total. The molecule has 0 spiro atoms. The number of carbonyl (C=O) groups is 1. The van der Waals surface area contributed by atoms with Crippen LogP contribution in [0.15, 0.2) is 22.6 Å². The molecule has 1 heterocycles. The van der Waals surface area contributed by atoms with Gasteiger partial charge >= 0.3 is 5.97 Å². The number of nitrogens with two attached hydrogens (primary N) is 1. The van der Waals surface area contributed by atoms with Crippen LogP contribution in [0.3, 0.4) is 0 Å². The highest BCUT2D eigenvalue weighted by atomic mass is 16.4. The van der Waals surface area contributed by atoms with Crippen LogP contribution in [0.25, 0.3) is 11.1 Å². The van der Waals surface area contributed by atoms with Crippen molar-refractivity contribution in [2.45, 2.75) is 38.6 Å². The Balaban J connectivity index is 1.86. The van der Waals surface area contributed by atoms with E-state index in [4.69, 9.17) is 15.3 Å². The van der Waals surface area contributed by atoms with Crippen molar-refractivity contribution < 1.29 is 14.3 Å². The van der Waals surface area contributed by atoms with E-state index in [0.29, 0.717) is 12.3 Å². The largest absolute Gasteiger partial charge is 0.480 e. The molecule has 0 saturated carbocycles. The number of aromatic nitrogens is 1. The number of carboxylic acids is 1. The first-order chi connectivity index (χ1) is 9.06. The molecule has 1 aromatic heterocycles. The van der Waals surface area contributed by atoms with E-state index in [2.05, 4.69) is 4.98 Å². The number of aryl methyl sites for hydroxylation is 2. The SMILES string of the molecule is Cc1nc2cc(CCCCC(N)C(=O)O)ccc2o1. The molecule has 0 bridgehead atoms. The van der Waals surface area contributed by atoms with Gasteiger partial charge in [0.25, 0.3) is 0 Å². The second kappa shape index (κ2) is 5.84. The van der Waals surface area contributed by atoms with Crippen molar-refractivity contribution in [3.63, 3.8) is 0 Å². The van der Waals surface area contributed by atoms with Gasteiger partial charge in [0.2, 0.25) is 0 Å². The number of aliphatic carboxylic acids is 1. The summed E-state index contributed by atoms with van der Waals surface area (Å²) in [4.78, 5) is 14.9. The summed E-state index contributed by atoms with van der Waals surface area (Å²) in [6, 6.07) is 5.21. The Kier molecular flexibility index (Phi) is 4.16. The first kappa shape index (κ1) is 13.5. The van der Waals surface area contributed by atoms with E-state index in [9.17, 15) is 4.79 Å². The molecule has 2 aromatic rings. The third-order valence-corrected chi connectivity index (χ3v) is 3.11. The van der Waals surface area contributed by atoms with Crippen LogP contribution in [-0.2, 0) is 11.2 Å². The van der Waals surface area contributed by atoms with Gasteiger partial charge in [-0.2, -0.15) is 0 Å². The van der Waals surface area contributed by atoms with Crippen molar-refractivity contribution in [2.24, 2.45) is 5.73 Å². The van der Waals surface area contributed by atoms with Crippen molar-refractivity contribution in [1.29, 1.82) is 0 Å². The second-order valence-corrected chi connectivity index (χ2v) is 4.73. The topological polar surface area (TPSA) is 89.3 Å². The van der Waals surface area contributed by atoms with E-state index in [1.807, 2.05) is 25.1 Å². The van der Waals surface area contributed by atoms with Crippen LogP contribution < -0.4 is 5.73 Å². The maximum Gasteiger partial charge on any atom is 0.320 e. The van der Waals surface area contributed by atoms with Crippen LogP contribution in [0, 0.1) is 6.92 Å². The fourth-order valence-corrected chi connectivity index (χ4v) is 2.06. The van der Waals surface area contributed by atoms with E-state index in [-0.39, 0.29) is 0 Å². The van der Waals surface area contributed by atoms with Crippen LogP contribution in [0.5, 0.6) is 0 Å². The minimum atomic E-state index is -0.931. The number of hydrogen-bond acceptors (Lipinski definition) is 4. The lowest BCUT2D eigenvalue weighted by molar-refractivity contribution is -0.138. The summed E-state index contributed by atoms with van der Waals surface area (Å²) in [5.41, 5.74) is 8.31. The smallest absolute Gasteiger partial charge is 0.320 e. The minimum absolute atomic E-state index is 0.515. The third-order valence-electron chi connectivity index (χ3n) is 3.11. The molecule has 5 heteroatoms. The first-order valence-corrected chi connectivity index (χ1v) is 6.41. The zero-order valence-corrected chi connectivity index (χ0v) is 10.9. The molecule has 1 atom stereocenters. The summed E-state index contributed by atoms with van der Waals surface area (Å²) in [5, 5.41) is 8.68. The monoisotopic (exact) mass is 262 g/mol. The van der Waals surface area contributed by atoms with Crippen molar-refractivity contribution >= 4 is 17.1 Å². The van der Waals surface area contributed by atoms with Crippen LogP contribution in [0.4, 0.5) is 0 Å². The van der Waals surface area contributed by atoms with Gasteiger partial charge in [0.05, 0.1) is 0 Å². The Hall–Kier alpha value is -1.88. The Bertz CT molecular complexity index is 577. The molecule has 19 heavy (non-hydrogen) atoms. The summed E-state index contributed by atoms with van der Waals surface area (Å²) >= 11 is 0. The highest BCUT2D eigenvalue weighted by Crippen LogP contribution is 2.18. The molecular weight excluding hydrogens is 244 g/mol. The van der Waals surface area contributed by atoms with Gasteiger partial charge < -0.3 is 15.3 Å². The Morgan fingerprint density at radius 3 is 3.00 bits per heavy atom. The second-order valence-electron chi connectivity index (χ2n) is 4.73. The number of nitrogens with zero attached hydrogens (tertiary/aromatic N) is 1. The van der Waals surface area contributed by atoms with Crippen LogP contribution >= 0.6 is 0 Å². The lowest BCUT2D eigenvalue weighted by Crippen LogP contribution is -2.29. The van der Waals surface area contributed by atoms with Crippen LogP contribution in [0.1, 0.15) is 30.7 Å². The predicted molar refractivity (Wildman–Crippen MR) is 71.9 cm³/mol. The lowest BCUT2D eigenvalue weighted by Gasteiger charge is -2.05. The molecule has 1 aromatic carbocycles. The molecule has 102 valence electrons. The molecule has 0 aliphatic rings. The highest BCUT2D eigenvalue weighted by molar-refractivity contribution is 5.73. The molecule has 0 fully saturated rings. The Morgan fingerprint density at radius 1 is 1.47 bits per heavy atom. The normalized spacial score (nSPS) is 12.7. The van der Waals surface area contributed by atoms with E-state index in [1.165, 1.54) is 5.56 Å². The van der Waals surface area contributed by atoms with Crippen molar-refractivity contribution in [2.75, 3.05) is 0 Å².